The van der Waals surface area contributed by atoms with Gasteiger partial charge in [0.15, 0.2) is 11.5 Å². The highest BCUT2D eigenvalue weighted by Gasteiger charge is 2.26. The predicted molar refractivity (Wildman–Crippen MR) is 115 cm³/mol. The molecule has 1 aliphatic rings. The topological polar surface area (TPSA) is 101 Å². The van der Waals surface area contributed by atoms with E-state index >= 15 is 0 Å². The summed E-state index contributed by atoms with van der Waals surface area (Å²) in [4.78, 5) is 27.8. The molecule has 0 radical (unpaired) electrons. The maximum atomic E-state index is 12.8. The number of aromatic amines is 1. The van der Waals surface area contributed by atoms with Crippen molar-refractivity contribution in [2.24, 2.45) is 5.92 Å². The number of ether oxygens (including phenoxy) is 2. The first kappa shape index (κ1) is 20.2. The molecule has 8 heteroatoms. The molecule has 2 unspecified atom stereocenters. The average Bonchev–Trinajstić information content (AvgIpc) is 3.38. The lowest BCUT2D eigenvalue weighted by Crippen LogP contribution is -2.45. The number of rotatable bonds is 8. The van der Waals surface area contributed by atoms with Crippen molar-refractivity contribution in [1.82, 2.24) is 10.3 Å². The van der Waals surface area contributed by atoms with Crippen molar-refractivity contribution >= 4 is 35.4 Å². The molecule has 0 fully saturated rings. The second-order valence-corrected chi connectivity index (χ2v) is 7.60. The molecular formula is C22H22N2O5S. The van der Waals surface area contributed by atoms with Crippen molar-refractivity contribution in [3.05, 3.63) is 59.8 Å². The van der Waals surface area contributed by atoms with Gasteiger partial charge in [-0.2, -0.15) is 12.6 Å². The van der Waals surface area contributed by atoms with Crippen LogP contribution in [0.5, 0.6) is 11.5 Å². The van der Waals surface area contributed by atoms with E-state index in [4.69, 9.17) is 9.47 Å². The van der Waals surface area contributed by atoms with Crippen LogP contribution < -0.4 is 14.8 Å². The maximum absolute atomic E-state index is 12.8. The quantitative estimate of drug-likeness (QED) is 0.415. The molecule has 2 heterocycles. The molecule has 4 rings (SSSR count). The molecule has 1 amide bonds. The fourth-order valence-corrected chi connectivity index (χ4v) is 3.90. The third-order valence-electron chi connectivity index (χ3n) is 5.22. The number of para-hydroxylation sites is 1. The van der Waals surface area contributed by atoms with Gasteiger partial charge in [-0.15, -0.1) is 0 Å². The molecule has 0 bridgehead atoms. The standard InChI is InChI=1S/C22H22N2O5S/c25-21(15(11-30)7-13-5-6-19-20(8-13)29-12-28-19)24-18(22(26)27)9-14-10-23-17-4-2-1-3-16(14)17/h1-6,8,10,15,18,23,30H,7,9,11-12H2,(H,24,25)(H,26,27). The minimum absolute atomic E-state index is 0.184. The van der Waals surface area contributed by atoms with Gasteiger partial charge in [-0.1, -0.05) is 24.3 Å². The second kappa shape index (κ2) is 8.71. The molecule has 2 atom stereocenters. The third-order valence-corrected chi connectivity index (χ3v) is 5.66. The number of amides is 1. The van der Waals surface area contributed by atoms with Crippen LogP contribution in [0, 0.1) is 5.92 Å². The molecule has 3 N–H and O–H groups in total. The third kappa shape index (κ3) is 4.23. The summed E-state index contributed by atoms with van der Waals surface area (Å²) in [6.07, 6.45) is 2.40. The van der Waals surface area contributed by atoms with E-state index in [1.807, 2.05) is 42.5 Å². The first-order valence-corrected chi connectivity index (χ1v) is 10.3. The summed E-state index contributed by atoms with van der Waals surface area (Å²) in [5.41, 5.74) is 2.67. The van der Waals surface area contributed by atoms with Crippen LogP contribution in [0.2, 0.25) is 0 Å². The Morgan fingerprint density at radius 2 is 1.93 bits per heavy atom. The van der Waals surface area contributed by atoms with Crippen molar-refractivity contribution in [3.8, 4) is 11.5 Å². The Morgan fingerprint density at radius 3 is 2.73 bits per heavy atom. The number of hydrogen-bond donors (Lipinski definition) is 4. The van der Waals surface area contributed by atoms with E-state index in [2.05, 4.69) is 22.9 Å². The monoisotopic (exact) mass is 426 g/mol. The molecule has 1 aromatic heterocycles. The van der Waals surface area contributed by atoms with Gasteiger partial charge in [0.25, 0.3) is 0 Å². The lowest BCUT2D eigenvalue weighted by atomic mass is 9.98. The van der Waals surface area contributed by atoms with Gasteiger partial charge in [-0.05, 0) is 35.7 Å². The van der Waals surface area contributed by atoms with Crippen LogP contribution in [-0.4, -0.2) is 40.6 Å². The number of aliphatic carboxylic acids is 1. The Balaban J connectivity index is 1.45. The maximum Gasteiger partial charge on any atom is 0.326 e. The van der Waals surface area contributed by atoms with Crippen molar-refractivity contribution < 1.29 is 24.2 Å². The van der Waals surface area contributed by atoms with Gasteiger partial charge >= 0.3 is 5.97 Å². The number of carbonyl (C=O) groups excluding carboxylic acids is 1. The van der Waals surface area contributed by atoms with E-state index in [-0.39, 0.29) is 19.1 Å². The number of fused-ring (bicyclic) bond motifs is 2. The number of carboxylic acid groups (broad SMARTS) is 1. The number of aromatic nitrogens is 1. The number of carboxylic acids is 1. The van der Waals surface area contributed by atoms with Gasteiger partial charge in [0, 0.05) is 29.3 Å². The fraction of sp³-hybridized carbons (Fsp3) is 0.273. The number of benzene rings is 2. The van der Waals surface area contributed by atoms with E-state index < -0.39 is 17.9 Å². The van der Waals surface area contributed by atoms with Crippen molar-refractivity contribution in [2.45, 2.75) is 18.9 Å². The first-order chi connectivity index (χ1) is 14.5. The van der Waals surface area contributed by atoms with E-state index in [1.54, 1.807) is 6.20 Å². The summed E-state index contributed by atoms with van der Waals surface area (Å²) in [6, 6.07) is 12.2. The molecule has 3 aromatic rings. The van der Waals surface area contributed by atoms with Crippen LogP contribution in [0.3, 0.4) is 0 Å². The van der Waals surface area contributed by atoms with Crippen LogP contribution in [0.25, 0.3) is 10.9 Å². The molecule has 30 heavy (non-hydrogen) atoms. The number of carbonyl (C=O) groups is 2. The van der Waals surface area contributed by atoms with Gasteiger partial charge in [0.2, 0.25) is 12.7 Å². The Hall–Kier alpha value is -3.13. The number of H-pyrrole nitrogens is 1. The highest BCUT2D eigenvalue weighted by molar-refractivity contribution is 7.80. The van der Waals surface area contributed by atoms with Crippen LogP contribution in [-0.2, 0) is 22.4 Å². The van der Waals surface area contributed by atoms with E-state index in [1.165, 1.54) is 0 Å². The minimum Gasteiger partial charge on any atom is -0.480 e. The molecule has 7 nitrogen and oxygen atoms in total. The number of thiol groups is 1. The summed E-state index contributed by atoms with van der Waals surface area (Å²) in [5, 5.41) is 13.3. The van der Waals surface area contributed by atoms with Gasteiger partial charge in [0.1, 0.15) is 6.04 Å². The van der Waals surface area contributed by atoms with Crippen LogP contribution in [0.15, 0.2) is 48.7 Å². The van der Waals surface area contributed by atoms with Crippen molar-refractivity contribution in [2.75, 3.05) is 12.5 Å². The van der Waals surface area contributed by atoms with Crippen molar-refractivity contribution in [1.29, 1.82) is 0 Å². The van der Waals surface area contributed by atoms with Crippen LogP contribution in [0.1, 0.15) is 11.1 Å². The van der Waals surface area contributed by atoms with Gasteiger partial charge in [0.05, 0.1) is 5.92 Å². The van der Waals surface area contributed by atoms with E-state index in [9.17, 15) is 14.7 Å². The molecule has 0 saturated heterocycles. The van der Waals surface area contributed by atoms with Gasteiger partial charge < -0.3 is 24.9 Å². The Bertz CT molecular complexity index is 1080. The van der Waals surface area contributed by atoms with Crippen molar-refractivity contribution in [3.63, 3.8) is 0 Å². The molecule has 0 saturated carbocycles. The molecule has 2 aromatic carbocycles. The highest BCUT2D eigenvalue weighted by Crippen LogP contribution is 2.33. The zero-order valence-corrected chi connectivity index (χ0v) is 17.0. The van der Waals surface area contributed by atoms with Gasteiger partial charge in [-0.3, -0.25) is 4.79 Å². The molecule has 0 aliphatic carbocycles. The van der Waals surface area contributed by atoms with Crippen LogP contribution in [0.4, 0.5) is 0 Å². The SMILES string of the molecule is O=C(NC(Cc1c[nH]c2ccccc12)C(=O)O)C(CS)Cc1ccc2c(c1)OCO2. The summed E-state index contributed by atoms with van der Waals surface area (Å²) in [5.74, 6) is -0.272. The molecule has 156 valence electrons. The lowest BCUT2D eigenvalue weighted by Gasteiger charge is -2.19. The summed E-state index contributed by atoms with van der Waals surface area (Å²) in [6.45, 7) is 0.184. The summed E-state index contributed by atoms with van der Waals surface area (Å²) in [7, 11) is 0. The summed E-state index contributed by atoms with van der Waals surface area (Å²) >= 11 is 4.31. The van der Waals surface area contributed by atoms with E-state index in [0.717, 1.165) is 22.0 Å². The summed E-state index contributed by atoms with van der Waals surface area (Å²) < 4.78 is 10.7. The Morgan fingerprint density at radius 1 is 1.13 bits per heavy atom. The highest BCUT2D eigenvalue weighted by atomic mass is 32.1. The molecule has 0 spiro atoms. The minimum atomic E-state index is -1.07. The van der Waals surface area contributed by atoms with Crippen LogP contribution >= 0.6 is 12.6 Å². The van der Waals surface area contributed by atoms with E-state index in [0.29, 0.717) is 23.7 Å². The molecular weight excluding hydrogens is 404 g/mol. The Labute approximate surface area is 178 Å². The Kier molecular flexibility index (Phi) is 5.85. The zero-order chi connectivity index (χ0) is 21.1. The first-order valence-electron chi connectivity index (χ1n) is 9.62. The average molecular weight is 426 g/mol. The predicted octanol–water partition coefficient (Wildman–Crippen LogP) is 2.80. The fourth-order valence-electron chi connectivity index (χ4n) is 3.60. The number of nitrogens with one attached hydrogen (secondary N) is 2. The smallest absolute Gasteiger partial charge is 0.326 e. The number of hydrogen-bond acceptors (Lipinski definition) is 5. The molecule has 1 aliphatic heterocycles. The largest absolute Gasteiger partial charge is 0.480 e. The zero-order valence-electron chi connectivity index (χ0n) is 16.1. The lowest BCUT2D eigenvalue weighted by molar-refractivity contribution is -0.142. The normalized spacial score (nSPS) is 14.4. The van der Waals surface area contributed by atoms with Gasteiger partial charge in [-0.25, -0.2) is 4.79 Å². The second-order valence-electron chi connectivity index (χ2n) is 7.23.